The highest BCUT2D eigenvalue weighted by atomic mass is 16.3. The predicted octanol–water partition coefficient (Wildman–Crippen LogP) is 1.91. The van der Waals surface area contributed by atoms with Crippen LogP contribution in [0, 0.1) is 6.92 Å². The van der Waals surface area contributed by atoms with Gasteiger partial charge in [-0.05, 0) is 44.5 Å². The highest BCUT2D eigenvalue weighted by Crippen LogP contribution is 2.32. The highest BCUT2D eigenvalue weighted by molar-refractivity contribution is 5.32. The van der Waals surface area contributed by atoms with Gasteiger partial charge in [0.1, 0.15) is 5.60 Å². The van der Waals surface area contributed by atoms with Gasteiger partial charge in [-0.1, -0.05) is 24.3 Å². The molecule has 0 radical (unpaired) electrons. The van der Waals surface area contributed by atoms with Crippen molar-refractivity contribution in [1.29, 1.82) is 0 Å². The second-order valence-electron chi connectivity index (χ2n) is 4.69. The molecule has 0 amide bonds. The summed E-state index contributed by atoms with van der Waals surface area (Å²) in [5.74, 6) is 0. The molecule has 1 unspecified atom stereocenters. The summed E-state index contributed by atoms with van der Waals surface area (Å²) in [4.78, 5) is 2.20. The van der Waals surface area contributed by atoms with E-state index in [1.807, 2.05) is 12.1 Å². The van der Waals surface area contributed by atoms with Crippen molar-refractivity contribution in [1.82, 2.24) is 4.90 Å². The van der Waals surface area contributed by atoms with Gasteiger partial charge in [-0.2, -0.15) is 0 Å². The van der Waals surface area contributed by atoms with Crippen LogP contribution in [-0.2, 0) is 5.60 Å². The van der Waals surface area contributed by atoms with Gasteiger partial charge in [0, 0.05) is 6.54 Å². The Kier molecular flexibility index (Phi) is 2.81. The maximum atomic E-state index is 10.7. The minimum atomic E-state index is -0.641. The summed E-state index contributed by atoms with van der Waals surface area (Å²) in [7, 11) is 2.07. The van der Waals surface area contributed by atoms with E-state index in [1.54, 1.807) is 0 Å². The van der Waals surface area contributed by atoms with E-state index in [2.05, 4.69) is 31.0 Å². The maximum absolute atomic E-state index is 10.7. The maximum Gasteiger partial charge on any atom is 0.103 e. The third kappa shape index (κ3) is 2.06. The van der Waals surface area contributed by atoms with Gasteiger partial charge in [0.15, 0.2) is 0 Å². The minimum absolute atomic E-state index is 0.641. The average molecular weight is 205 g/mol. The number of benzene rings is 1. The van der Waals surface area contributed by atoms with Crippen LogP contribution in [0.4, 0.5) is 0 Å². The van der Waals surface area contributed by atoms with Crippen molar-refractivity contribution in [3.8, 4) is 0 Å². The number of piperidine rings is 1. The molecular weight excluding hydrogens is 186 g/mol. The Morgan fingerprint density at radius 1 is 1.33 bits per heavy atom. The van der Waals surface area contributed by atoms with Gasteiger partial charge >= 0.3 is 0 Å². The second-order valence-corrected chi connectivity index (χ2v) is 4.69. The fourth-order valence-corrected chi connectivity index (χ4v) is 2.56. The van der Waals surface area contributed by atoms with Crippen LogP contribution in [0.15, 0.2) is 24.3 Å². The first kappa shape index (κ1) is 10.7. The number of nitrogens with zero attached hydrogens (tertiary/aromatic N) is 1. The summed E-state index contributed by atoms with van der Waals surface area (Å²) in [5, 5.41) is 10.7. The zero-order valence-corrected chi connectivity index (χ0v) is 9.53. The fourth-order valence-electron chi connectivity index (χ4n) is 2.56. The van der Waals surface area contributed by atoms with Crippen molar-refractivity contribution in [2.45, 2.75) is 25.4 Å². The smallest absolute Gasteiger partial charge is 0.103 e. The molecule has 0 bridgehead atoms. The minimum Gasteiger partial charge on any atom is -0.384 e. The quantitative estimate of drug-likeness (QED) is 0.757. The average Bonchev–Trinajstić information content (AvgIpc) is 2.17. The monoisotopic (exact) mass is 205 g/mol. The van der Waals surface area contributed by atoms with Crippen LogP contribution in [0.3, 0.4) is 0 Å². The summed E-state index contributed by atoms with van der Waals surface area (Å²) < 4.78 is 0. The molecule has 2 heteroatoms. The van der Waals surface area contributed by atoms with Gasteiger partial charge < -0.3 is 10.0 Å². The van der Waals surface area contributed by atoms with E-state index < -0.39 is 5.60 Å². The molecule has 1 atom stereocenters. The van der Waals surface area contributed by atoms with Crippen molar-refractivity contribution in [2.24, 2.45) is 0 Å². The standard InChI is InChI=1S/C13H19NO/c1-11-6-3-4-7-12(11)13(15)8-5-9-14(2)10-13/h3-4,6-7,15H,5,8-10H2,1-2H3. The summed E-state index contributed by atoms with van der Waals surface area (Å²) in [6.07, 6.45) is 1.95. The molecule has 1 fully saturated rings. The molecule has 1 aliphatic heterocycles. The molecule has 0 spiro atoms. The lowest BCUT2D eigenvalue weighted by Gasteiger charge is -2.38. The molecule has 0 aromatic heterocycles. The Morgan fingerprint density at radius 2 is 2.07 bits per heavy atom. The van der Waals surface area contributed by atoms with Gasteiger partial charge in [-0.3, -0.25) is 0 Å². The molecule has 82 valence electrons. The van der Waals surface area contributed by atoms with E-state index in [0.29, 0.717) is 0 Å². The Balaban J connectivity index is 2.32. The second kappa shape index (κ2) is 3.95. The first-order valence-electron chi connectivity index (χ1n) is 5.59. The lowest BCUT2D eigenvalue weighted by Crippen LogP contribution is -2.44. The number of hydrogen-bond acceptors (Lipinski definition) is 2. The van der Waals surface area contributed by atoms with Crippen molar-refractivity contribution in [3.63, 3.8) is 0 Å². The predicted molar refractivity (Wildman–Crippen MR) is 61.8 cm³/mol. The van der Waals surface area contributed by atoms with Crippen LogP contribution in [0.5, 0.6) is 0 Å². The van der Waals surface area contributed by atoms with Crippen LogP contribution in [0.1, 0.15) is 24.0 Å². The molecule has 1 N–H and O–H groups in total. The third-order valence-electron chi connectivity index (χ3n) is 3.31. The topological polar surface area (TPSA) is 23.5 Å². The SMILES string of the molecule is Cc1ccccc1C1(O)CCCN(C)C1. The molecule has 1 heterocycles. The van der Waals surface area contributed by atoms with Crippen LogP contribution in [0.25, 0.3) is 0 Å². The van der Waals surface area contributed by atoms with Crippen LogP contribution in [0.2, 0.25) is 0 Å². The normalized spacial score (nSPS) is 27.9. The van der Waals surface area contributed by atoms with E-state index in [-0.39, 0.29) is 0 Å². The van der Waals surface area contributed by atoms with E-state index in [1.165, 1.54) is 5.56 Å². The van der Waals surface area contributed by atoms with Crippen molar-refractivity contribution < 1.29 is 5.11 Å². The van der Waals surface area contributed by atoms with E-state index in [4.69, 9.17) is 0 Å². The molecule has 15 heavy (non-hydrogen) atoms. The molecular formula is C13H19NO. The molecule has 1 aromatic rings. The third-order valence-corrected chi connectivity index (χ3v) is 3.31. The Morgan fingerprint density at radius 3 is 2.73 bits per heavy atom. The van der Waals surface area contributed by atoms with Crippen molar-refractivity contribution in [2.75, 3.05) is 20.1 Å². The molecule has 2 rings (SSSR count). The molecule has 1 aliphatic rings. The van der Waals surface area contributed by atoms with Crippen molar-refractivity contribution >= 4 is 0 Å². The van der Waals surface area contributed by atoms with E-state index in [9.17, 15) is 5.11 Å². The largest absolute Gasteiger partial charge is 0.384 e. The van der Waals surface area contributed by atoms with Crippen LogP contribution in [-0.4, -0.2) is 30.1 Å². The number of aryl methyl sites for hydroxylation is 1. The summed E-state index contributed by atoms with van der Waals surface area (Å²) >= 11 is 0. The fraction of sp³-hybridized carbons (Fsp3) is 0.538. The Bertz CT molecular complexity index is 350. The number of likely N-dealkylation sites (N-methyl/N-ethyl adjacent to an activating group) is 1. The molecule has 1 aromatic carbocycles. The summed E-state index contributed by atoms with van der Waals surface area (Å²) in [6, 6.07) is 8.15. The first-order valence-corrected chi connectivity index (χ1v) is 5.59. The highest BCUT2D eigenvalue weighted by Gasteiger charge is 2.34. The number of rotatable bonds is 1. The van der Waals surface area contributed by atoms with Crippen molar-refractivity contribution in [3.05, 3.63) is 35.4 Å². The van der Waals surface area contributed by atoms with Crippen LogP contribution < -0.4 is 0 Å². The lowest BCUT2D eigenvalue weighted by atomic mass is 9.83. The number of likely N-dealkylation sites (tertiary alicyclic amines) is 1. The first-order chi connectivity index (χ1) is 7.12. The molecule has 1 saturated heterocycles. The van der Waals surface area contributed by atoms with Gasteiger partial charge in [-0.15, -0.1) is 0 Å². The zero-order chi connectivity index (χ0) is 10.9. The Hall–Kier alpha value is -0.860. The van der Waals surface area contributed by atoms with Gasteiger partial charge in [0.05, 0.1) is 0 Å². The zero-order valence-electron chi connectivity index (χ0n) is 9.53. The molecule has 0 aliphatic carbocycles. The van der Waals surface area contributed by atoms with Gasteiger partial charge in [-0.25, -0.2) is 0 Å². The van der Waals surface area contributed by atoms with Gasteiger partial charge in [0.25, 0.3) is 0 Å². The number of aliphatic hydroxyl groups is 1. The van der Waals surface area contributed by atoms with E-state index >= 15 is 0 Å². The van der Waals surface area contributed by atoms with Crippen LogP contribution >= 0.6 is 0 Å². The molecule has 0 saturated carbocycles. The summed E-state index contributed by atoms with van der Waals surface area (Å²) in [5.41, 5.74) is 1.64. The molecule has 2 nitrogen and oxygen atoms in total. The van der Waals surface area contributed by atoms with E-state index in [0.717, 1.165) is 31.5 Å². The lowest BCUT2D eigenvalue weighted by molar-refractivity contribution is -0.0282. The number of hydrogen-bond donors (Lipinski definition) is 1. The van der Waals surface area contributed by atoms with Gasteiger partial charge in [0.2, 0.25) is 0 Å². The summed E-state index contributed by atoms with van der Waals surface area (Å²) in [6.45, 7) is 3.91. The Labute approximate surface area is 91.5 Å². The number of β-amino-alcohol motifs (C(OH)–C–C–N with tert-alkyl or cyclic N) is 1.